The van der Waals surface area contributed by atoms with Crippen LogP contribution in [0.5, 0.6) is 0 Å². The zero-order valence-corrected chi connectivity index (χ0v) is 9.45. The molecule has 0 unspecified atom stereocenters. The fraction of sp³-hybridized carbons (Fsp3) is 0.100. The molecule has 1 aromatic heterocycles. The first-order valence-electron chi connectivity index (χ1n) is 3.93. The molecule has 2 rings (SSSR count). The van der Waals surface area contributed by atoms with Crippen LogP contribution in [-0.4, -0.2) is 0 Å². The summed E-state index contributed by atoms with van der Waals surface area (Å²) >= 11 is 4.76. The van der Waals surface area contributed by atoms with Gasteiger partial charge < -0.3 is 0 Å². The first-order valence-corrected chi connectivity index (χ1v) is 5.87. The molecule has 4 heteroatoms. The number of nitriles is 1. The van der Waals surface area contributed by atoms with Gasteiger partial charge in [0.1, 0.15) is 11.9 Å². The van der Waals surface area contributed by atoms with Crippen LogP contribution in [0, 0.1) is 17.1 Å². The molecule has 0 aliphatic rings. The summed E-state index contributed by atoms with van der Waals surface area (Å²) in [6, 6.07) is 6.65. The fourth-order valence-electron chi connectivity index (χ4n) is 1.34. The zero-order chi connectivity index (χ0) is 10.1. The molecule has 0 aliphatic carbocycles. The van der Waals surface area contributed by atoms with Gasteiger partial charge in [-0.1, -0.05) is 15.9 Å². The van der Waals surface area contributed by atoms with Crippen LogP contribution in [0.1, 0.15) is 10.4 Å². The Hall–Kier alpha value is -0.920. The molecular formula is C10H5BrFNS. The number of rotatable bonds is 1. The molecule has 70 valence electrons. The van der Waals surface area contributed by atoms with Crippen LogP contribution >= 0.6 is 27.3 Å². The van der Waals surface area contributed by atoms with E-state index in [0.29, 0.717) is 10.9 Å². The van der Waals surface area contributed by atoms with Gasteiger partial charge in [-0.15, -0.1) is 11.3 Å². The van der Waals surface area contributed by atoms with E-state index in [1.54, 1.807) is 6.07 Å². The molecule has 0 bridgehead atoms. The molecule has 0 saturated carbocycles. The van der Waals surface area contributed by atoms with Gasteiger partial charge in [0.2, 0.25) is 0 Å². The predicted molar refractivity (Wildman–Crippen MR) is 59.1 cm³/mol. The largest absolute Gasteiger partial charge is 0.207 e. The number of alkyl halides is 1. The predicted octanol–water partition coefficient (Wildman–Crippen LogP) is 3.81. The normalized spacial score (nSPS) is 10.4. The van der Waals surface area contributed by atoms with Crippen LogP contribution in [0.2, 0.25) is 0 Å². The molecule has 2 aromatic rings. The monoisotopic (exact) mass is 269 g/mol. The molecular weight excluding hydrogens is 265 g/mol. The Kier molecular flexibility index (Phi) is 2.53. The van der Waals surface area contributed by atoms with Crippen molar-refractivity contribution in [2.45, 2.75) is 5.33 Å². The van der Waals surface area contributed by atoms with E-state index in [9.17, 15) is 4.39 Å². The van der Waals surface area contributed by atoms with E-state index in [0.717, 1.165) is 15.0 Å². The number of fused-ring (bicyclic) bond motifs is 1. The van der Waals surface area contributed by atoms with Crippen molar-refractivity contribution in [1.82, 2.24) is 0 Å². The molecule has 0 radical (unpaired) electrons. The van der Waals surface area contributed by atoms with Crippen LogP contribution in [0.25, 0.3) is 10.1 Å². The van der Waals surface area contributed by atoms with Crippen molar-refractivity contribution < 1.29 is 4.39 Å². The second kappa shape index (κ2) is 3.68. The third-order valence-corrected chi connectivity index (χ3v) is 4.04. The van der Waals surface area contributed by atoms with E-state index in [2.05, 4.69) is 22.0 Å². The molecule has 0 aliphatic heterocycles. The summed E-state index contributed by atoms with van der Waals surface area (Å²) in [5.74, 6) is -0.260. The van der Waals surface area contributed by atoms with E-state index >= 15 is 0 Å². The smallest absolute Gasteiger partial charge is 0.124 e. The Labute approximate surface area is 92.9 Å². The number of thiophene rings is 1. The fourth-order valence-corrected chi connectivity index (χ4v) is 2.99. The lowest BCUT2D eigenvalue weighted by molar-refractivity contribution is 0.630. The Balaban J connectivity index is 2.81. The highest BCUT2D eigenvalue weighted by Crippen LogP contribution is 2.32. The van der Waals surface area contributed by atoms with Gasteiger partial charge >= 0.3 is 0 Å². The summed E-state index contributed by atoms with van der Waals surface area (Å²) in [5.41, 5.74) is 0.655. The lowest BCUT2D eigenvalue weighted by Gasteiger charge is -1.89. The topological polar surface area (TPSA) is 23.8 Å². The van der Waals surface area contributed by atoms with Gasteiger partial charge in [-0.25, -0.2) is 4.39 Å². The van der Waals surface area contributed by atoms with Gasteiger partial charge in [0, 0.05) is 20.3 Å². The quantitative estimate of drug-likeness (QED) is 0.723. The number of hydrogen-bond donors (Lipinski definition) is 0. The first-order chi connectivity index (χ1) is 6.76. The van der Waals surface area contributed by atoms with Crippen LogP contribution in [0.3, 0.4) is 0 Å². The lowest BCUT2D eigenvalue weighted by Crippen LogP contribution is -1.77. The van der Waals surface area contributed by atoms with Crippen LogP contribution < -0.4 is 0 Å². The average Bonchev–Trinajstić information content (AvgIpc) is 2.54. The van der Waals surface area contributed by atoms with Crippen LogP contribution in [0.15, 0.2) is 18.2 Å². The van der Waals surface area contributed by atoms with E-state index in [-0.39, 0.29) is 5.82 Å². The zero-order valence-electron chi connectivity index (χ0n) is 7.05. The second-order valence-corrected chi connectivity index (χ2v) is 4.48. The number of nitrogens with zero attached hydrogens (tertiary/aromatic N) is 1. The molecule has 0 atom stereocenters. The molecule has 14 heavy (non-hydrogen) atoms. The Morgan fingerprint density at radius 1 is 1.50 bits per heavy atom. The van der Waals surface area contributed by atoms with Gasteiger partial charge in [0.15, 0.2) is 0 Å². The van der Waals surface area contributed by atoms with Gasteiger partial charge in [-0.05, 0) is 18.2 Å². The third kappa shape index (κ3) is 1.43. The maximum absolute atomic E-state index is 12.9. The minimum absolute atomic E-state index is 0.260. The van der Waals surface area contributed by atoms with E-state index in [4.69, 9.17) is 5.26 Å². The van der Waals surface area contributed by atoms with Crippen LogP contribution in [-0.2, 0) is 5.33 Å². The lowest BCUT2D eigenvalue weighted by atomic mass is 10.1. The summed E-state index contributed by atoms with van der Waals surface area (Å²) in [6.45, 7) is 0. The number of benzene rings is 1. The average molecular weight is 270 g/mol. The SMILES string of the molecule is N#Cc1c(CBr)sc2cc(F)ccc12. The van der Waals surface area contributed by atoms with Gasteiger partial charge in [-0.3, -0.25) is 0 Å². The van der Waals surface area contributed by atoms with Crippen molar-refractivity contribution in [3.8, 4) is 6.07 Å². The second-order valence-electron chi connectivity index (χ2n) is 2.79. The highest BCUT2D eigenvalue weighted by Gasteiger charge is 2.10. The van der Waals surface area contributed by atoms with E-state index in [1.807, 2.05) is 0 Å². The highest BCUT2D eigenvalue weighted by atomic mass is 79.9. The molecule has 1 heterocycles. The standard InChI is InChI=1S/C10H5BrFNS/c11-4-10-8(5-13)7-2-1-6(12)3-9(7)14-10/h1-3H,4H2. The maximum Gasteiger partial charge on any atom is 0.124 e. The third-order valence-electron chi connectivity index (χ3n) is 1.96. The number of halogens is 2. The molecule has 1 nitrogen and oxygen atoms in total. The van der Waals surface area contributed by atoms with Crippen molar-refractivity contribution in [1.29, 1.82) is 5.26 Å². The summed E-state index contributed by atoms with van der Waals surface area (Å²) in [7, 11) is 0. The Morgan fingerprint density at radius 2 is 2.29 bits per heavy atom. The van der Waals surface area contributed by atoms with Crippen molar-refractivity contribution in [2.24, 2.45) is 0 Å². The van der Waals surface area contributed by atoms with E-state index < -0.39 is 0 Å². The molecule has 1 aromatic carbocycles. The van der Waals surface area contributed by atoms with E-state index in [1.165, 1.54) is 23.5 Å². The Morgan fingerprint density at radius 3 is 2.93 bits per heavy atom. The summed E-state index contributed by atoms with van der Waals surface area (Å²) in [5, 5.41) is 10.4. The molecule has 0 fully saturated rings. The molecule has 0 spiro atoms. The summed E-state index contributed by atoms with van der Waals surface area (Å²) in [4.78, 5) is 0.952. The minimum atomic E-state index is -0.260. The first kappa shape index (κ1) is 9.63. The summed E-state index contributed by atoms with van der Waals surface area (Å²) in [6.07, 6.45) is 0. The Bertz CT molecular complexity index is 527. The van der Waals surface area contributed by atoms with Crippen molar-refractivity contribution in [3.63, 3.8) is 0 Å². The number of hydrogen-bond acceptors (Lipinski definition) is 2. The molecule has 0 saturated heterocycles. The van der Waals surface area contributed by atoms with Gasteiger partial charge in [0.05, 0.1) is 5.56 Å². The highest BCUT2D eigenvalue weighted by molar-refractivity contribution is 9.08. The molecule has 0 amide bonds. The summed E-state index contributed by atoms with van der Waals surface area (Å²) < 4.78 is 13.7. The minimum Gasteiger partial charge on any atom is -0.207 e. The van der Waals surface area contributed by atoms with Crippen molar-refractivity contribution >= 4 is 37.4 Å². The van der Waals surface area contributed by atoms with Gasteiger partial charge in [0.25, 0.3) is 0 Å². The maximum atomic E-state index is 12.9. The molecule has 0 N–H and O–H groups in total. The van der Waals surface area contributed by atoms with Gasteiger partial charge in [-0.2, -0.15) is 5.26 Å². The van der Waals surface area contributed by atoms with Crippen molar-refractivity contribution in [2.75, 3.05) is 0 Å². The van der Waals surface area contributed by atoms with Crippen molar-refractivity contribution in [3.05, 3.63) is 34.5 Å². The van der Waals surface area contributed by atoms with Crippen LogP contribution in [0.4, 0.5) is 4.39 Å².